The van der Waals surface area contributed by atoms with Gasteiger partial charge in [0.1, 0.15) is 17.2 Å². The van der Waals surface area contributed by atoms with E-state index in [1.807, 2.05) is 48.5 Å². The first-order chi connectivity index (χ1) is 13.7. The van der Waals surface area contributed by atoms with Gasteiger partial charge in [-0.1, -0.05) is 30.3 Å². The third-order valence-electron chi connectivity index (χ3n) is 5.05. The Morgan fingerprint density at radius 3 is 2.36 bits per heavy atom. The quantitative estimate of drug-likeness (QED) is 0.435. The molecule has 3 aromatic carbocycles. The first-order valence-corrected chi connectivity index (χ1v) is 9.16. The van der Waals surface area contributed by atoms with Gasteiger partial charge in [-0.15, -0.1) is 0 Å². The van der Waals surface area contributed by atoms with Crippen molar-refractivity contribution in [2.24, 2.45) is 4.99 Å². The zero-order valence-electron chi connectivity index (χ0n) is 14.9. The van der Waals surface area contributed by atoms with Crippen LogP contribution >= 0.6 is 0 Å². The Bertz CT molecular complexity index is 1140. The van der Waals surface area contributed by atoms with Crippen LogP contribution in [0.25, 0.3) is 22.6 Å². The van der Waals surface area contributed by atoms with Crippen LogP contribution in [-0.2, 0) is 0 Å². The molecule has 0 amide bonds. The average Bonchev–Trinajstić information content (AvgIpc) is 3.35. The lowest BCUT2D eigenvalue weighted by molar-refractivity contribution is 0.578. The number of oxazole rings is 1. The largest absolute Gasteiger partial charge is 0.436 e. The molecule has 138 valence electrons. The van der Waals surface area contributed by atoms with E-state index < -0.39 is 11.6 Å². The van der Waals surface area contributed by atoms with Crippen molar-refractivity contribution in [2.45, 2.75) is 18.9 Å². The van der Waals surface area contributed by atoms with Gasteiger partial charge in [-0.2, -0.15) is 0 Å². The molecule has 5 rings (SSSR count). The van der Waals surface area contributed by atoms with E-state index in [1.54, 1.807) is 0 Å². The Morgan fingerprint density at radius 1 is 0.857 bits per heavy atom. The Morgan fingerprint density at radius 2 is 1.61 bits per heavy atom. The Labute approximate surface area is 160 Å². The van der Waals surface area contributed by atoms with Gasteiger partial charge in [-0.25, -0.2) is 13.8 Å². The maximum Gasteiger partial charge on any atom is 0.227 e. The molecular formula is C23H16F2N2O. The number of fused-ring (bicyclic) bond motifs is 1. The van der Waals surface area contributed by atoms with Gasteiger partial charge in [0.2, 0.25) is 5.89 Å². The zero-order valence-corrected chi connectivity index (χ0v) is 14.9. The highest BCUT2D eigenvalue weighted by molar-refractivity contribution is 6.02. The first-order valence-electron chi connectivity index (χ1n) is 9.16. The van der Waals surface area contributed by atoms with E-state index in [4.69, 9.17) is 4.42 Å². The summed E-state index contributed by atoms with van der Waals surface area (Å²) in [6, 6.07) is 19.3. The molecule has 1 aromatic heterocycles. The molecule has 1 atom stereocenters. The third kappa shape index (κ3) is 2.89. The highest BCUT2D eigenvalue weighted by Gasteiger charge is 2.24. The summed E-state index contributed by atoms with van der Waals surface area (Å²) in [6.45, 7) is 0. The van der Waals surface area contributed by atoms with Gasteiger partial charge in [0.05, 0.1) is 11.6 Å². The van der Waals surface area contributed by atoms with Gasteiger partial charge in [-0.3, -0.25) is 4.99 Å². The van der Waals surface area contributed by atoms with Gasteiger partial charge in [0, 0.05) is 11.3 Å². The summed E-state index contributed by atoms with van der Waals surface area (Å²) in [4.78, 5) is 9.09. The molecule has 0 N–H and O–H groups in total. The summed E-state index contributed by atoms with van der Waals surface area (Å²) >= 11 is 0. The van der Waals surface area contributed by atoms with Gasteiger partial charge in [0.15, 0.2) is 5.58 Å². The summed E-state index contributed by atoms with van der Waals surface area (Å²) in [7, 11) is 0. The Hall–Kier alpha value is -3.34. The number of hydrogen-bond acceptors (Lipinski definition) is 3. The van der Waals surface area contributed by atoms with Crippen LogP contribution in [0.15, 0.2) is 76.1 Å². The van der Waals surface area contributed by atoms with Crippen molar-refractivity contribution in [3.8, 4) is 11.5 Å². The highest BCUT2D eigenvalue weighted by Crippen LogP contribution is 2.33. The second-order valence-electron chi connectivity index (χ2n) is 6.84. The van der Waals surface area contributed by atoms with Crippen LogP contribution in [0.2, 0.25) is 0 Å². The second-order valence-corrected chi connectivity index (χ2v) is 6.84. The van der Waals surface area contributed by atoms with Crippen molar-refractivity contribution < 1.29 is 13.2 Å². The molecule has 4 aromatic rings. The predicted octanol–water partition coefficient (Wildman–Crippen LogP) is 6.10. The molecule has 2 heterocycles. The Balaban J connectivity index is 1.42. The monoisotopic (exact) mass is 374 g/mol. The normalized spacial score (nSPS) is 16.5. The molecule has 5 heteroatoms. The minimum absolute atomic E-state index is 0.00639. The summed E-state index contributed by atoms with van der Waals surface area (Å²) in [6.07, 6.45) is 1.28. The van der Waals surface area contributed by atoms with Gasteiger partial charge in [-0.05, 0) is 54.8 Å². The fraction of sp³-hybridized carbons (Fsp3) is 0.130. The molecule has 0 saturated heterocycles. The lowest BCUT2D eigenvalue weighted by Crippen LogP contribution is -2.03. The van der Waals surface area contributed by atoms with Crippen LogP contribution in [0, 0.1) is 11.6 Å². The molecule has 0 aliphatic carbocycles. The number of nitrogens with zero attached hydrogens (tertiary/aromatic N) is 2. The molecule has 1 unspecified atom stereocenters. The topological polar surface area (TPSA) is 38.4 Å². The summed E-state index contributed by atoms with van der Waals surface area (Å²) in [5, 5.41) is 0. The van der Waals surface area contributed by atoms with Crippen LogP contribution in [0.5, 0.6) is 0 Å². The maximum atomic E-state index is 14.0. The van der Waals surface area contributed by atoms with Crippen LogP contribution < -0.4 is 0 Å². The second kappa shape index (κ2) is 6.68. The van der Waals surface area contributed by atoms with E-state index in [1.165, 1.54) is 18.2 Å². The average molecular weight is 374 g/mol. The lowest BCUT2D eigenvalue weighted by Gasteiger charge is -2.07. The molecule has 1 aliphatic heterocycles. The van der Waals surface area contributed by atoms with Crippen molar-refractivity contribution in [3.63, 3.8) is 0 Å². The molecule has 0 fully saturated rings. The van der Waals surface area contributed by atoms with E-state index in [0.717, 1.165) is 28.6 Å². The van der Waals surface area contributed by atoms with E-state index in [2.05, 4.69) is 9.98 Å². The highest BCUT2D eigenvalue weighted by atomic mass is 19.1. The molecular weight excluding hydrogens is 358 g/mol. The molecule has 3 nitrogen and oxygen atoms in total. The number of hydrogen-bond donors (Lipinski definition) is 0. The van der Waals surface area contributed by atoms with E-state index >= 15 is 0 Å². The van der Waals surface area contributed by atoms with E-state index in [0.29, 0.717) is 18.0 Å². The number of para-hydroxylation sites is 2. The third-order valence-corrected chi connectivity index (χ3v) is 5.05. The minimum atomic E-state index is -0.564. The van der Waals surface area contributed by atoms with Crippen molar-refractivity contribution in [2.75, 3.05) is 0 Å². The molecule has 0 radical (unpaired) electrons. The summed E-state index contributed by atoms with van der Waals surface area (Å²) in [5.74, 6) is -0.562. The van der Waals surface area contributed by atoms with Crippen molar-refractivity contribution in [1.82, 2.24) is 4.98 Å². The number of halogens is 2. The lowest BCUT2D eigenvalue weighted by atomic mass is 10.0. The smallest absolute Gasteiger partial charge is 0.227 e. The van der Waals surface area contributed by atoms with E-state index in [-0.39, 0.29) is 11.6 Å². The molecule has 1 aliphatic rings. The van der Waals surface area contributed by atoms with Crippen LogP contribution in [0.3, 0.4) is 0 Å². The van der Waals surface area contributed by atoms with Crippen molar-refractivity contribution in [3.05, 3.63) is 89.5 Å². The fourth-order valence-corrected chi connectivity index (χ4v) is 3.64. The SMILES string of the molecule is Fc1cccc(F)c1C1=NC(c2ccc(-c3nc4ccccc4o3)cc2)CC1. The summed E-state index contributed by atoms with van der Waals surface area (Å²) in [5.41, 5.74) is 3.93. The maximum absolute atomic E-state index is 14.0. The standard InChI is InChI=1S/C23H16F2N2O/c24-16-4-3-5-17(25)22(16)20-13-12-18(26-20)14-8-10-15(11-9-14)23-27-19-6-1-2-7-21(19)28-23/h1-11,18H,12-13H2. The van der Waals surface area contributed by atoms with Crippen LogP contribution in [0.1, 0.15) is 30.0 Å². The van der Waals surface area contributed by atoms with Gasteiger partial charge >= 0.3 is 0 Å². The molecule has 0 saturated carbocycles. The number of benzene rings is 3. The molecule has 0 bridgehead atoms. The van der Waals surface area contributed by atoms with Crippen LogP contribution in [0.4, 0.5) is 8.78 Å². The first kappa shape index (κ1) is 16.8. The Kier molecular flexibility index (Phi) is 4.01. The van der Waals surface area contributed by atoms with Gasteiger partial charge in [0.25, 0.3) is 0 Å². The van der Waals surface area contributed by atoms with Crippen molar-refractivity contribution >= 4 is 16.8 Å². The predicted molar refractivity (Wildman–Crippen MR) is 104 cm³/mol. The minimum Gasteiger partial charge on any atom is -0.436 e. The van der Waals surface area contributed by atoms with Crippen molar-refractivity contribution in [1.29, 1.82) is 0 Å². The number of aliphatic imine (C=N–C) groups is 1. The summed E-state index contributed by atoms with van der Waals surface area (Å²) < 4.78 is 33.8. The zero-order chi connectivity index (χ0) is 19.1. The number of rotatable bonds is 3. The van der Waals surface area contributed by atoms with Gasteiger partial charge < -0.3 is 4.42 Å². The number of aromatic nitrogens is 1. The molecule has 0 spiro atoms. The van der Waals surface area contributed by atoms with E-state index in [9.17, 15) is 8.78 Å². The fourth-order valence-electron chi connectivity index (χ4n) is 3.64. The van der Waals surface area contributed by atoms with Crippen LogP contribution in [-0.4, -0.2) is 10.7 Å². The molecule has 28 heavy (non-hydrogen) atoms.